The number of hydrogen-bond acceptors (Lipinski definition) is 7. The monoisotopic (exact) mass is 468 g/mol. The number of aromatic nitrogens is 1. The van der Waals surface area contributed by atoms with Gasteiger partial charge in [-0.15, -0.1) is 0 Å². The molecular weight excluding hydrogens is 444 g/mol. The summed E-state index contributed by atoms with van der Waals surface area (Å²) in [6, 6.07) is 20.9. The summed E-state index contributed by atoms with van der Waals surface area (Å²) in [5.74, 6) is -0.418. The van der Waals surface area contributed by atoms with Gasteiger partial charge >= 0.3 is 5.97 Å². The fourth-order valence-electron chi connectivity index (χ4n) is 3.85. The molecule has 0 unspecified atom stereocenters. The lowest BCUT2D eigenvalue weighted by Gasteiger charge is -2.31. The van der Waals surface area contributed by atoms with E-state index >= 15 is 0 Å². The summed E-state index contributed by atoms with van der Waals surface area (Å²) in [7, 11) is 0. The van der Waals surface area contributed by atoms with Gasteiger partial charge in [-0.3, -0.25) is 14.4 Å². The molecule has 0 aliphatic carbocycles. The molecule has 3 aromatic rings. The first-order valence-electron chi connectivity index (χ1n) is 11.3. The van der Waals surface area contributed by atoms with Gasteiger partial charge in [-0.05, 0) is 61.4 Å². The highest BCUT2D eigenvalue weighted by molar-refractivity contribution is 6.04. The number of pyridine rings is 1. The van der Waals surface area contributed by atoms with Crippen LogP contribution in [0, 0.1) is 17.2 Å². The summed E-state index contributed by atoms with van der Waals surface area (Å²) >= 11 is 0. The molecule has 2 aromatic carbocycles. The molecule has 1 amide bonds. The smallest absolute Gasteiger partial charge is 0.309 e. The third kappa shape index (κ3) is 6.09. The van der Waals surface area contributed by atoms with Crippen molar-refractivity contribution in [3.05, 3.63) is 89.6 Å². The van der Waals surface area contributed by atoms with Gasteiger partial charge in [0, 0.05) is 36.1 Å². The van der Waals surface area contributed by atoms with Crippen molar-refractivity contribution < 1.29 is 19.1 Å². The molecule has 8 nitrogen and oxygen atoms in total. The second-order valence-electron chi connectivity index (χ2n) is 8.21. The fourth-order valence-corrected chi connectivity index (χ4v) is 3.85. The number of nitrogens with one attached hydrogen (secondary N) is 1. The van der Waals surface area contributed by atoms with Crippen molar-refractivity contribution in [2.24, 2.45) is 5.92 Å². The SMILES string of the molecule is N#Cc1ccc(N2CCC(C(=O)OCC(=O)c3ccc(NC(=O)c4ccccc4)cc3)CC2)nc1. The molecule has 0 bridgehead atoms. The van der Waals surface area contributed by atoms with Crippen LogP contribution < -0.4 is 10.2 Å². The van der Waals surface area contributed by atoms with E-state index < -0.39 is 0 Å². The Morgan fingerprint density at radius 2 is 1.69 bits per heavy atom. The average Bonchev–Trinajstić information content (AvgIpc) is 2.92. The molecule has 0 radical (unpaired) electrons. The van der Waals surface area contributed by atoms with Crippen LogP contribution in [0.3, 0.4) is 0 Å². The average molecular weight is 469 g/mol. The lowest BCUT2D eigenvalue weighted by molar-refractivity contribution is -0.148. The molecule has 1 N–H and O–H groups in total. The second kappa shape index (κ2) is 11.1. The van der Waals surface area contributed by atoms with E-state index in [0.717, 1.165) is 5.82 Å². The third-order valence-electron chi connectivity index (χ3n) is 5.88. The third-order valence-corrected chi connectivity index (χ3v) is 5.88. The largest absolute Gasteiger partial charge is 0.457 e. The van der Waals surface area contributed by atoms with Crippen molar-refractivity contribution in [2.75, 3.05) is 29.9 Å². The maximum Gasteiger partial charge on any atom is 0.309 e. The Bertz CT molecular complexity index is 1230. The van der Waals surface area contributed by atoms with Crippen molar-refractivity contribution in [3.63, 3.8) is 0 Å². The minimum absolute atomic E-state index is 0.236. The highest BCUT2D eigenvalue weighted by Gasteiger charge is 2.27. The number of ketones is 1. The minimum Gasteiger partial charge on any atom is -0.457 e. The van der Waals surface area contributed by atoms with E-state index in [1.54, 1.807) is 60.7 Å². The number of carbonyl (C=O) groups excluding carboxylic acids is 3. The van der Waals surface area contributed by atoms with Crippen LogP contribution in [-0.4, -0.2) is 42.3 Å². The molecule has 4 rings (SSSR count). The molecule has 2 heterocycles. The number of piperidine rings is 1. The number of amides is 1. The zero-order chi connectivity index (χ0) is 24.6. The summed E-state index contributed by atoms with van der Waals surface area (Å²) in [6.45, 7) is 0.956. The van der Waals surface area contributed by atoms with Gasteiger partial charge in [0.2, 0.25) is 0 Å². The molecule has 0 spiro atoms. The number of carbonyl (C=O) groups is 3. The van der Waals surface area contributed by atoms with E-state index in [-0.39, 0.29) is 30.2 Å². The topological polar surface area (TPSA) is 112 Å². The Balaban J connectivity index is 1.23. The summed E-state index contributed by atoms with van der Waals surface area (Å²) in [5, 5.41) is 11.7. The summed E-state index contributed by atoms with van der Waals surface area (Å²) in [4.78, 5) is 43.5. The molecule has 35 heavy (non-hydrogen) atoms. The number of hydrogen-bond donors (Lipinski definition) is 1. The lowest BCUT2D eigenvalue weighted by Crippen LogP contribution is -2.37. The van der Waals surface area contributed by atoms with E-state index in [1.807, 2.05) is 12.1 Å². The van der Waals surface area contributed by atoms with Crippen LogP contribution in [0.5, 0.6) is 0 Å². The van der Waals surface area contributed by atoms with E-state index in [2.05, 4.69) is 15.2 Å². The number of benzene rings is 2. The Morgan fingerprint density at radius 3 is 2.31 bits per heavy atom. The van der Waals surface area contributed by atoms with E-state index in [1.165, 1.54) is 6.20 Å². The van der Waals surface area contributed by atoms with Crippen LogP contribution in [0.4, 0.5) is 11.5 Å². The number of ether oxygens (including phenoxy) is 1. The van der Waals surface area contributed by atoms with E-state index in [4.69, 9.17) is 10.00 Å². The van der Waals surface area contributed by atoms with Crippen molar-refractivity contribution in [1.29, 1.82) is 5.26 Å². The molecule has 0 saturated carbocycles. The van der Waals surface area contributed by atoms with Gasteiger partial charge in [0.25, 0.3) is 5.91 Å². The zero-order valence-corrected chi connectivity index (χ0v) is 19.0. The zero-order valence-electron chi connectivity index (χ0n) is 19.0. The normalized spacial score (nSPS) is 13.5. The molecule has 1 aliphatic rings. The van der Waals surface area contributed by atoms with Gasteiger partial charge in [0.15, 0.2) is 12.4 Å². The Hall–Kier alpha value is -4.51. The van der Waals surface area contributed by atoms with Gasteiger partial charge in [-0.1, -0.05) is 18.2 Å². The maximum absolute atomic E-state index is 12.5. The predicted molar refractivity (Wildman–Crippen MR) is 130 cm³/mol. The van der Waals surface area contributed by atoms with Crippen molar-refractivity contribution in [1.82, 2.24) is 4.98 Å². The van der Waals surface area contributed by atoms with Gasteiger partial charge in [-0.25, -0.2) is 4.98 Å². The van der Waals surface area contributed by atoms with Gasteiger partial charge in [0.05, 0.1) is 11.5 Å². The summed E-state index contributed by atoms with van der Waals surface area (Å²) in [6.07, 6.45) is 2.74. The van der Waals surface area contributed by atoms with Crippen molar-refractivity contribution in [3.8, 4) is 6.07 Å². The number of esters is 1. The number of nitrogens with zero attached hydrogens (tertiary/aromatic N) is 3. The quantitative estimate of drug-likeness (QED) is 0.414. The first-order valence-corrected chi connectivity index (χ1v) is 11.3. The number of nitriles is 1. The molecule has 1 saturated heterocycles. The summed E-state index contributed by atoms with van der Waals surface area (Å²) < 4.78 is 5.29. The molecule has 1 aromatic heterocycles. The van der Waals surface area contributed by atoms with Crippen LogP contribution in [0.2, 0.25) is 0 Å². The number of rotatable bonds is 7. The first-order chi connectivity index (χ1) is 17.0. The molecule has 1 fully saturated rings. The van der Waals surface area contributed by atoms with Crippen molar-refractivity contribution in [2.45, 2.75) is 12.8 Å². The number of Topliss-reactive ketones (excluding diaryl/α,β-unsaturated/α-hetero) is 1. The van der Waals surface area contributed by atoms with E-state index in [9.17, 15) is 14.4 Å². The van der Waals surface area contributed by atoms with E-state index in [0.29, 0.717) is 48.3 Å². The fraction of sp³-hybridized carbons (Fsp3) is 0.222. The Morgan fingerprint density at radius 1 is 0.971 bits per heavy atom. The van der Waals surface area contributed by atoms with Crippen LogP contribution in [0.1, 0.15) is 39.1 Å². The predicted octanol–water partition coefficient (Wildman–Crippen LogP) is 3.85. The second-order valence-corrected chi connectivity index (χ2v) is 8.21. The van der Waals surface area contributed by atoms with Crippen LogP contribution >= 0.6 is 0 Å². The molecule has 0 atom stereocenters. The Labute approximate surface area is 203 Å². The van der Waals surface area contributed by atoms with Crippen LogP contribution in [-0.2, 0) is 9.53 Å². The Kier molecular flexibility index (Phi) is 7.48. The van der Waals surface area contributed by atoms with Gasteiger partial charge < -0.3 is 15.0 Å². The highest BCUT2D eigenvalue weighted by Crippen LogP contribution is 2.23. The first kappa shape index (κ1) is 23.6. The molecule has 176 valence electrons. The molecular formula is C27H24N4O4. The molecule has 8 heteroatoms. The summed E-state index contributed by atoms with van der Waals surface area (Å²) in [5.41, 5.74) is 2.01. The lowest BCUT2D eigenvalue weighted by atomic mass is 9.97. The maximum atomic E-state index is 12.5. The molecule has 1 aliphatic heterocycles. The minimum atomic E-state index is -0.377. The standard InChI is InChI=1S/C27H24N4O4/c28-16-19-6-11-25(29-17-19)31-14-12-22(13-15-31)27(34)35-18-24(32)20-7-9-23(10-8-20)30-26(33)21-4-2-1-3-5-21/h1-11,17,22H,12-15,18H2,(H,30,33). The van der Waals surface area contributed by atoms with Crippen molar-refractivity contribution >= 4 is 29.2 Å². The van der Waals surface area contributed by atoms with Crippen LogP contribution in [0.25, 0.3) is 0 Å². The van der Waals surface area contributed by atoms with Gasteiger partial charge in [0.1, 0.15) is 11.9 Å². The van der Waals surface area contributed by atoms with Gasteiger partial charge in [-0.2, -0.15) is 5.26 Å². The highest BCUT2D eigenvalue weighted by atomic mass is 16.5. The number of anilines is 2. The van der Waals surface area contributed by atoms with Crippen LogP contribution in [0.15, 0.2) is 72.9 Å².